The van der Waals surface area contributed by atoms with Crippen LogP contribution in [0.4, 0.5) is 0 Å². The van der Waals surface area contributed by atoms with Gasteiger partial charge in [0, 0.05) is 30.2 Å². The Bertz CT molecular complexity index is 495. The number of hydrogen-bond donors (Lipinski definition) is 0. The van der Waals surface area contributed by atoms with Crippen molar-refractivity contribution in [3.05, 3.63) is 29.2 Å². The van der Waals surface area contributed by atoms with Crippen molar-refractivity contribution >= 4 is 11.3 Å². The molecule has 0 N–H and O–H groups in total. The summed E-state index contributed by atoms with van der Waals surface area (Å²) in [6.45, 7) is 1.98. The Morgan fingerprint density at radius 3 is 3.06 bits per heavy atom. The molecule has 0 saturated heterocycles. The Hall–Kier alpha value is -1.33. The average Bonchev–Trinajstić information content (AvgIpc) is 2.81. The third-order valence-electron chi connectivity index (χ3n) is 2.83. The molecule has 16 heavy (non-hydrogen) atoms. The molecule has 0 aliphatic carbocycles. The summed E-state index contributed by atoms with van der Waals surface area (Å²) in [6.07, 6.45) is 4.49. The smallest absolute Gasteiger partial charge is 0.142 e. The van der Waals surface area contributed by atoms with Gasteiger partial charge >= 0.3 is 0 Å². The van der Waals surface area contributed by atoms with Crippen molar-refractivity contribution in [2.75, 3.05) is 13.6 Å². The summed E-state index contributed by atoms with van der Waals surface area (Å²) in [5, 5.41) is 2.99. The van der Waals surface area contributed by atoms with Crippen molar-refractivity contribution in [1.29, 1.82) is 0 Å². The molecule has 2 aromatic heterocycles. The van der Waals surface area contributed by atoms with Gasteiger partial charge in [-0.15, -0.1) is 11.3 Å². The summed E-state index contributed by atoms with van der Waals surface area (Å²) in [4.78, 5) is 15.3. The van der Waals surface area contributed by atoms with Gasteiger partial charge in [0.05, 0.1) is 5.69 Å². The van der Waals surface area contributed by atoms with E-state index in [0.717, 1.165) is 35.9 Å². The second-order valence-corrected chi connectivity index (χ2v) is 4.87. The molecular formula is C11H12N4S. The van der Waals surface area contributed by atoms with Gasteiger partial charge in [0.1, 0.15) is 17.0 Å². The number of aromatic nitrogens is 3. The lowest BCUT2D eigenvalue weighted by atomic mass is 10.0. The average molecular weight is 232 g/mol. The van der Waals surface area contributed by atoms with Gasteiger partial charge in [-0.25, -0.2) is 15.0 Å². The van der Waals surface area contributed by atoms with Crippen LogP contribution in [0.1, 0.15) is 11.3 Å². The summed E-state index contributed by atoms with van der Waals surface area (Å²) in [5.41, 5.74) is 3.44. The van der Waals surface area contributed by atoms with Gasteiger partial charge < -0.3 is 4.90 Å². The minimum Gasteiger partial charge on any atom is -0.300 e. The van der Waals surface area contributed by atoms with Crippen molar-refractivity contribution in [2.45, 2.75) is 13.0 Å². The van der Waals surface area contributed by atoms with E-state index < -0.39 is 0 Å². The van der Waals surface area contributed by atoms with Crippen LogP contribution in [0.25, 0.3) is 10.7 Å². The second kappa shape index (κ2) is 3.92. The first kappa shape index (κ1) is 9.86. The number of likely N-dealkylation sites (N-methyl/N-ethyl adjacent to an activating group) is 1. The standard InChI is InChI=1S/C11H12N4S/c1-15-4-2-8-9(6-15)13-7-14-10(8)11-12-3-5-16-11/h3,5,7H,2,4,6H2,1H3. The van der Waals surface area contributed by atoms with Crippen LogP contribution in [0.15, 0.2) is 17.9 Å². The van der Waals surface area contributed by atoms with E-state index in [4.69, 9.17) is 0 Å². The van der Waals surface area contributed by atoms with E-state index >= 15 is 0 Å². The third-order valence-corrected chi connectivity index (χ3v) is 3.61. The van der Waals surface area contributed by atoms with Crippen LogP contribution in [0.3, 0.4) is 0 Å². The Balaban J connectivity index is 2.11. The molecule has 3 heterocycles. The van der Waals surface area contributed by atoms with Crippen LogP contribution < -0.4 is 0 Å². The van der Waals surface area contributed by atoms with E-state index in [9.17, 15) is 0 Å². The summed E-state index contributed by atoms with van der Waals surface area (Å²) < 4.78 is 0. The highest BCUT2D eigenvalue weighted by atomic mass is 32.1. The lowest BCUT2D eigenvalue weighted by molar-refractivity contribution is 0.307. The van der Waals surface area contributed by atoms with Crippen molar-refractivity contribution < 1.29 is 0 Å². The normalized spacial score (nSPS) is 16.1. The molecule has 5 heteroatoms. The zero-order valence-corrected chi connectivity index (χ0v) is 9.87. The summed E-state index contributed by atoms with van der Waals surface area (Å²) in [6, 6.07) is 0. The minimum absolute atomic E-state index is 0.913. The quantitative estimate of drug-likeness (QED) is 0.748. The number of thiazole rings is 1. The maximum Gasteiger partial charge on any atom is 0.142 e. The molecule has 2 aromatic rings. The van der Waals surface area contributed by atoms with E-state index in [1.165, 1.54) is 5.56 Å². The van der Waals surface area contributed by atoms with E-state index in [2.05, 4.69) is 26.9 Å². The molecule has 0 saturated carbocycles. The lowest BCUT2D eigenvalue weighted by Gasteiger charge is -2.24. The molecule has 0 atom stereocenters. The number of fused-ring (bicyclic) bond motifs is 1. The fraction of sp³-hybridized carbons (Fsp3) is 0.364. The topological polar surface area (TPSA) is 41.9 Å². The molecule has 0 unspecified atom stereocenters. The van der Waals surface area contributed by atoms with Gasteiger partial charge in [0.25, 0.3) is 0 Å². The lowest BCUT2D eigenvalue weighted by Crippen LogP contribution is -2.28. The molecular weight excluding hydrogens is 220 g/mol. The molecule has 82 valence electrons. The fourth-order valence-electron chi connectivity index (χ4n) is 2.01. The zero-order valence-electron chi connectivity index (χ0n) is 9.05. The summed E-state index contributed by atoms with van der Waals surface area (Å²) in [5.74, 6) is 0. The molecule has 0 fully saturated rings. The van der Waals surface area contributed by atoms with Crippen LogP contribution in [0.5, 0.6) is 0 Å². The first-order chi connectivity index (χ1) is 7.84. The van der Waals surface area contributed by atoms with E-state index in [1.807, 2.05) is 11.6 Å². The van der Waals surface area contributed by atoms with Crippen molar-refractivity contribution in [3.63, 3.8) is 0 Å². The van der Waals surface area contributed by atoms with Crippen LogP contribution in [0, 0.1) is 0 Å². The summed E-state index contributed by atoms with van der Waals surface area (Å²) >= 11 is 1.63. The molecule has 0 bridgehead atoms. The Labute approximate surface area is 98.0 Å². The molecule has 4 nitrogen and oxygen atoms in total. The molecule has 0 spiro atoms. The van der Waals surface area contributed by atoms with Crippen LogP contribution in [-0.2, 0) is 13.0 Å². The molecule has 0 radical (unpaired) electrons. The second-order valence-electron chi connectivity index (χ2n) is 3.97. The first-order valence-electron chi connectivity index (χ1n) is 5.26. The zero-order chi connectivity index (χ0) is 11.0. The molecule has 1 aliphatic heterocycles. The highest BCUT2D eigenvalue weighted by molar-refractivity contribution is 7.13. The van der Waals surface area contributed by atoms with Crippen molar-refractivity contribution in [3.8, 4) is 10.7 Å². The number of nitrogens with zero attached hydrogens (tertiary/aromatic N) is 4. The predicted molar refractivity (Wildman–Crippen MR) is 63.2 cm³/mol. The highest BCUT2D eigenvalue weighted by Crippen LogP contribution is 2.27. The van der Waals surface area contributed by atoms with Gasteiger partial charge in [-0.05, 0) is 13.5 Å². The van der Waals surface area contributed by atoms with Crippen molar-refractivity contribution in [1.82, 2.24) is 19.9 Å². The van der Waals surface area contributed by atoms with Gasteiger partial charge in [0.15, 0.2) is 0 Å². The Morgan fingerprint density at radius 2 is 2.25 bits per heavy atom. The summed E-state index contributed by atoms with van der Waals surface area (Å²) in [7, 11) is 2.12. The van der Waals surface area contributed by atoms with Crippen LogP contribution in [0.2, 0.25) is 0 Å². The molecule has 0 aromatic carbocycles. The molecule has 1 aliphatic rings. The SMILES string of the molecule is CN1CCc2c(ncnc2-c2nccs2)C1. The number of hydrogen-bond acceptors (Lipinski definition) is 5. The minimum atomic E-state index is 0.913. The van der Waals surface area contributed by atoms with E-state index in [1.54, 1.807) is 17.7 Å². The largest absolute Gasteiger partial charge is 0.300 e. The van der Waals surface area contributed by atoms with Crippen molar-refractivity contribution in [2.24, 2.45) is 0 Å². The van der Waals surface area contributed by atoms with Crippen LogP contribution >= 0.6 is 11.3 Å². The van der Waals surface area contributed by atoms with Gasteiger partial charge in [-0.3, -0.25) is 0 Å². The Kier molecular flexibility index (Phi) is 2.41. The monoisotopic (exact) mass is 232 g/mol. The van der Waals surface area contributed by atoms with Gasteiger partial charge in [0.2, 0.25) is 0 Å². The molecule has 0 amide bonds. The van der Waals surface area contributed by atoms with Crippen LogP contribution in [-0.4, -0.2) is 33.4 Å². The molecule has 3 rings (SSSR count). The highest BCUT2D eigenvalue weighted by Gasteiger charge is 2.19. The van der Waals surface area contributed by atoms with Gasteiger partial charge in [-0.2, -0.15) is 0 Å². The Morgan fingerprint density at radius 1 is 1.31 bits per heavy atom. The predicted octanol–water partition coefficient (Wildman–Crippen LogP) is 1.59. The van der Waals surface area contributed by atoms with E-state index in [-0.39, 0.29) is 0 Å². The van der Waals surface area contributed by atoms with Gasteiger partial charge in [-0.1, -0.05) is 0 Å². The first-order valence-corrected chi connectivity index (χ1v) is 6.14. The number of rotatable bonds is 1. The third kappa shape index (κ3) is 1.62. The maximum absolute atomic E-state index is 4.38. The fourth-order valence-corrected chi connectivity index (χ4v) is 2.67. The van der Waals surface area contributed by atoms with E-state index in [0.29, 0.717) is 0 Å². The maximum atomic E-state index is 4.38.